The van der Waals surface area contributed by atoms with Gasteiger partial charge in [-0.3, -0.25) is 9.59 Å². The summed E-state index contributed by atoms with van der Waals surface area (Å²) in [5, 5.41) is 5.69. The Bertz CT molecular complexity index is 817. The molecule has 1 aliphatic carbocycles. The van der Waals surface area contributed by atoms with E-state index in [9.17, 15) is 9.59 Å². The van der Waals surface area contributed by atoms with Gasteiger partial charge in [-0.15, -0.1) is 0 Å². The normalized spacial score (nSPS) is 18.0. The lowest BCUT2D eigenvalue weighted by Gasteiger charge is -2.11. The van der Waals surface area contributed by atoms with Crippen LogP contribution >= 0.6 is 0 Å². The van der Waals surface area contributed by atoms with Crippen LogP contribution in [0.1, 0.15) is 12.0 Å². The number of carbonyl (C=O) groups excluding carboxylic acids is 2. The van der Waals surface area contributed by atoms with Gasteiger partial charge in [0, 0.05) is 11.8 Å². The molecule has 0 saturated heterocycles. The van der Waals surface area contributed by atoms with E-state index in [0.29, 0.717) is 23.6 Å². The fraction of sp³-hybridized carbons (Fsp3) is 0.300. The van der Waals surface area contributed by atoms with Gasteiger partial charge >= 0.3 is 0 Å². The largest absolute Gasteiger partial charge is 0.497 e. The van der Waals surface area contributed by atoms with Crippen LogP contribution in [0.4, 0.5) is 11.4 Å². The number of anilines is 2. The molecular weight excluding hydrogens is 332 g/mol. The van der Waals surface area contributed by atoms with Crippen molar-refractivity contribution in [3.05, 3.63) is 48.0 Å². The second-order valence-corrected chi connectivity index (χ2v) is 6.36. The number of carbonyl (C=O) groups is 2. The number of aryl methyl sites for hydroxylation is 1. The first-order valence-corrected chi connectivity index (χ1v) is 8.42. The zero-order valence-corrected chi connectivity index (χ0v) is 15.0. The minimum Gasteiger partial charge on any atom is -0.497 e. The Morgan fingerprint density at radius 2 is 1.58 bits per heavy atom. The monoisotopic (exact) mass is 354 g/mol. The molecule has 0 aliphatic heterocycles. The standard InChI is InChI=1S/C20H22N2O4/c1-12-4-6-13(7-5-12)21-19(23)15-11-16(15)20(24)22-17-10-14(25-2)8-9-18(17)26-3/h4-10,15-16H,11H2,1-3H3,(H,21,23)(H,22,24). The van der Waals surface area contributed by atoms with Gasteiger partial charge < -0.3 is 20.1 Å². The van der Waals surface area contributed by atoms with Crippen LogP contribution in [0.2, 0.25) is 0 Å². The van der Waals surface area contributed by atoms with Crippen LogP contribution in [0.15, 0.2) is 42.5 Å². The Morgan fingerprint density at radius 3 is 2.19 bits per heavy atom. The number of rotatable bonds is 6. The number of nitrogens with one attached hydrogen (secondary N) is 2. The van der Waals surface area contributed by atoms with Gasteiger partial charge in [-0.1, -0.05) is 17.7 Å². The van der Waals surface area contributed by atoms with Crippen LogP contribution in [-0.2, 0) is 9.59 Å². The van der Waals surface area contributed by atoms with E-state index < -0.39 is 0 Å². The van der Waals surface area contributed by atoms with Crippen molar-refractivity contribution in [1.82, 2.24) is 0 Å². The summed E-state index contributed by atoms with van der Waals surface area (Å²) < 4.78 is 10.4. The van der Waals surface area contributed by atoms with Gasteiger partial charge in [-0.2, -0.15) is 0 Å². The molecule has 1 aliphatic rings. The van der Waals surface area contributed by atoms with Crippen molar-refractivity contribution < 1.29 is 19.1 Å². The van der Waals surface area contributed by atoms with E-state index in [1.807, 2.05) is 31.2 Å². The molecule has 1 fully saturated rings. The number of hydrogen-bond acceptors (Lipinski definition) is 4. The molecule has 6 nitrogen and oxygen atoms in total. The Kier molecular flexibility index (Phi) is 5.11. The zero-order valence-electron chi connectivity index (χ0n) is 15.0. The fourth-order valence-electron chi connectivity index (χ4n) is 2.78. The molecular formula is C20H22N2O4. The van der Waals surface area contributed by atoms with Gasteiger partial charge in [0.15, 0.2) is 0 Å². The maximum absolute atomic E-state index is 12.5. The van der Waals surface area contributed by atoms with Gasteiger partial charge in [0.05, 0.1) is 31.7 Å². The molecule has 136 valence electrons. The molecule has 2 aromatic rings. The molecule has 0 radical (unpaired) electrons. The summed E-state index contributed by atoms with van der Waals surface area (Å²) >= 11 is 0. The van der Waals surface area contributed by atoms with Crippen molar-refractivity contribution in [2.24, 2.45) is 11.8 Å². The zero-order chi connectivity index (χ0) is 18.7. The van der Waals surface area contributed by atoms with E-state index in [0.717, 1.165) is 11.3 Å². The Hall–Kier alpha value is -3.02. The number of benzene rings is 2. The van der Waals surface area contributed by atoms with Crippen molar-refractivity contribution in [3.8, 4) is 11.5 Å². The second kappa shape index (κ2) is 7.47. The van der Waals surface area contributed by atoms with E-state index in [1.54, 1.807) is 25.3 Å². The number of methoxy groups -OCH3 is 2. The molecule has 2 amide bonds. The van der Waals surface area contributed by atoms with Gasteiger partial charge in [0.25, 0.3) is 0 Å². The van der Waals surface area contributed by atoms with E-state index in [1.165, 1.54) is 7.11 Å². The van der Waals surface area contributed by atoms with Gasteiger partial charge in [-0.25, -0.2) is 0 Å². The highest BCUT2D eigenvalue weighted by molar-refractivity contribution is 6.03. The molecule has 3 rings (SSSR count). The fourth-order valence-corrected chi connectivity index (χ4v) is 2.78. The lowest BCUT2D eigenvalue weighted by molar-refractivity contribution is -0.122. The highest BCUT2D eigenvalue weighted by atomic mass is 16.5. The van der Waals surface area contributed by atoms with Crippen LogP contribution in [0.3, 0.4) is 0 Å². The molecule has 0 spiro atoms. The quantitative estimate of drug-likeness (QED) is 0.835. The van der Waals surface area contributed by atoms with E-state index in [-0.39, 0.29) is 23.7 Å². The molecule has 0 bridgehead atoms. The van der Waals surface area contributed by atoms with Crippen molar-refractivity contribution in [3.63, 3.8) is 0 Å². The third kappa shape index (κ3) is 3.96. The second-order valence-electron chi connectivity index (χ2n) is 6.36. The van der Waals surface area contributed by atoms with Crippen molar-refractivity contribution in [2.45, 2.75) is 13.3 Å². The van der Waals surface area contributed by atoms with Crippen molar-refractivity contribution in [1.29, 1.82) is 0 Å². The SMILES string of the molecule is COc1ccc(OC)c(NC(=O)C2CC2C(=O)Nc2ccc(C)cc2)c1. The summed E-state index contributed by atoms with van der Waals surface area (Å²) in [5.74, 6) is 0.183. The van der Waals surface area contributed by atoms with Crippen molar-refractivity contribution >= 4 is 23.2 Å². The van der Waals surface area contributed by atoms with E-state index in [2.05, 4.69) is 10.6 Å². The molecule has 2 unspecified atom stereocenters. The first kappa shape index (κ1) is 17.8. The van der Waals surface area contributed by atoms with Crippen LogP contribution in [0.5, 0.6) is 11.5 Å². The Balaban J connectivity index is 1.60. The maximum atomic E-state index is 12.5. The third-order valence-electron chi connectivity index (χ3n) is 4.45. The summed E-state index contributed by atoms with van der Waals surface area (Å²) in [5.41, 5.74) is 2.39. The predicted octanol–water partition coefficient (Wildman–Crippen LogP) is 3.23. The first-order valence-electron chi connectivity index (χ1n) is 8.42. The lowest BCUT2D eigenvalue weighted by Crippen LogP contribution is -2.20. The van der Waals surface area contributed by atoms with Gasteiger partial charge in [0.1, 0.15) is 11.5 Å². The molecule has 1 saturated carbocycles. The van der Waals surface area contributed by atoms with Crippen LogP contribution in [-0.4, -0.2) is 26.0 Å². The Morgan fingerprint density at radius 1 is 0.923 bits per heavy atom. The molecule has 0 aromatic heterocycles. The number of ether oxygens (including phenoxy) is 2. The van der Waals surface area contributed by atoms with Crippen molar-refractivity contribution in [2.75, 3.05) is 24.9 Å². The summed E-state index contributed by atoms with van der Waals surface area (Å²) in [6.07, 6.45) is 0.538. The summed E-state index contributed by atoms with van der Waals surface area (Å²) in [7, 11) is 3.09. The highest BCUT2D eigenvalue weighted by Crippen LogP contribution is 2.41. The van der Waals surface area contributed by atoms with Gasteiger partial charge in [0.2, 0.25) is 11.8 Å². The van der Waals surface area contributed by atoms with E-state index in [4.69, 9.17) is 9.47 Å². The summed E-state index contributed by atoms with van der Waals surface area (Å²) in [6, 6.07) is 12.7. The van der Waals surface area contributed by atoms with Crippen LogP contribution < -0.4 is 20.1 Å². The average molecular weight is 354 g/mol. The summed E-state index contributed by atoms with van der Waals surface area (Å²) in [4.78, 5) is 24.8. The van der Waals surface area contributed by atoms with Crippen LogP contribution in [0, 0.1) is 18.8 Å². The average Bonchev–Trinajstić information content (AvgIpc) is 3.44. The maximum Gasteiger partial charge on any atom is 0.228 e. The molecule has 2 N–H and O–H groups in total. The molecule has 0 heterocycles. The highest BCUT2D eigenvalue weighted by Gasteiger charge is 2.48. The molecule has 2 aromatic carbocycles. The minimum absolute atomic E-state index is 0.133. The number of amides is 2. The molecule has 2 atom stereocenters. The number of hydrogen-bond donors (Lipinski definition) is 2. The summed E-state index contributed by atoms with van der Waals surface area (Å²) in [6.45, 7) is 1.99. The lowest BCUT2D eigenvalue weighted by atomic mass is 10.2. The third-order valence-corrected chi connectivity index (χ3v) is 4.45. The molecule has 6 heteroatoms. The predicted molar refractivity (Wildman–Crippen MR) is 99.6 cm³/mol. The Labute approximate surface area is 152 Å². The first-order chi connectivity index (χ1) is 12.5. The van der Waals surface area contributed by atoms with E-state index >= 15 is 0 Å². The smallest absolute Gasteiger partial charge is 0.228 e. The molecule has 26 heavy (non-hydrogen) atoms. The minimum atomic E-state index is -0.337. The van der Waals surface area contributed by atoms with Gasteiger partial charge in [-0.05, 0) is 37.6 Å². The van der Waals surface area contributed by atoms with Crippen LogP contribution in [0.25, 0.3) is 0 Å². The topological polar surface area (TPSA) is 76.7 Å².